The monoisotopic (exact) mass is 535 g/mol. The molecule has 1 N–H and O–H groups in total. The zero-order valence-electron chi connectivity index (χ0n) is 20.9. The van der Waals surface area contributed by atoms with Crippen molar-refractivity contribution in [2.45, 2.75) is 58.4 Å². The lowest BCUT2D eigenvalue weighted by Crippen LogP contribution is -2.32. The van der Waals surface area contributed by atoms with Gasteiger partial charge in [0.1, 0.15) is 34.5 Å². The summed E-state index contributed by atoms with van der Waals surface area (Å²) in [4.78, 5) is 30.3. The first kappa shape index (κ1) is 25.7. The molecule has 2 aliphatic rings. The van der Waals surface area contributed by atoms with Gasteiger partial charge >= 0.3 is 11.9 Å². The highest BCUT2D eigenvalue weighted by molar-refractivity contribution is 6.07. The number of aryl methyl sites for hydroxylation is 1. The molecule has 0 bridgehead atoms. The van der Waals surface area contributed by atoms with Crippen molar-refractivity contribution in [1.29, 1.82) is 0 Å². The number of anilines is 1. The zero-order chi connectivity index (χ0) is 27.4. The standard InChI is InChI=1S/C25H25F4N5O4/c1-13-21(18(37-3)4-8-30-13)31-22(35)15-10-16(26)17(11-19(15)38-14(2)25(27,28)29)34-23(36)33-9-7-24(5-6-24)12-20(33)32-34/h4,8,10-11,14H,5-7,9,12H2,1-3H3,(H,31,35)/t14-/m0/s1. The number of alkyl halides is 3. The van der Waals surface area contributed by atoms with Crippen LogP contribution in [0.2, 0.25) is 0 Å². The van der Waals surface area contributed by atoms with E-state index >= 15 is 4.39 Å². The molecule has 1 aromatic carbocycles. The molecule has 2 aromatic heterocycles. The van der Waals surface area contributed by atoms with Crippen molar-refractivity contribution >= 4 is 11.6 Å². The molecule has 1 aliphatic carbocycles. The lowest BCUT2D eigenvalue weighted by atomic mass is 9.95. The average Bonchev–Trinajstić information content (AvgIpc) is 3.53. The second kappa shape index (κ2) is 9.14. The molecule has 1 aliphatic heterocycles. The van der Waals surface area contributed by atoms with Crippen molar-refractivity contribution in [2.24, 2.45) is 5.41 Å². The van der Waals surface area contributed by atoms with Gasteiger partial charge in [0.2, 0.25) is 0 Å². The summed E-state index contributed by atoms with van der Waals surface area (Å²) in [5.41, 5.74) is -0.902. The number of aromatic nitrogens is 4. The van der Waals surface area contributed by atoms with Crippen LogP contribution in [-0.2, 0) is 13.0 Å². The van der Waals surface area contributed by atoms with E-state index in [-0.39, 0.29) is 16.9 Å². The van der Waals surface area contributed by atoms with E-state index in [1.165, 1.54) is 23.9 Å². The Balaban J connectivity index is 1.57. The predicted octanol–water partition coefficient (Wildman–Crippen LogP) is 4.19. The maximum Gasteiger partial charge on any atom is 0.425 e. The van der Waals surface area contributed by atoms with Crippen molar-refractivity contribution in [1.82, 2.24) is 19.3 Å². The van der Waals surface area contributed by atoms with Crippen LogP contribution in [-0.4, -0.2) is 44.6 Å². The summed E-state index contributed by atoms with van der Waals surface area (Å²) in [6.07, 6.45) is -2.22. The van der Waals surface area contributed by atoms with Crippen LogP contribution in [0.1, 0.15) is 48.1 Å². The van der Waals surface area contributed by atoms with Gasteiger partial charge in [0, 0.05) is 31.3 Å². The summed E-state index contributed by atoms with van der Waals surface area (Å²) in [6, 6.07) is 3.11. The number of rotatable bonds is 6. The molecule has 9 nitrogen and oxygen atoms in total. The first-order valence-corrected chi connectivity index (χ1v) is 12.0. The molecular formula is C25H25F4N5O4. The van der Waals surface area contributed by atoms with Crippen LogP contribution in [0.25, 0.3) is 5.69 Å². The molecule has 0 saturated heterocycles. The second-order valence-electron chi connectivity index (χ2n) is 9.72. The van der Waals surface area contributed by atoms with Crippen LogP contribution in [0.4, 0.5) is 23.2 Å². The number of nitrogens with zero attached hydrogens (tertiary/aromatic N) is 4. The molecule has 202 valence electrons. The molecule has 1 fully saturated rings. The predicted molar refractivity (Wildman–Crippen MR) is 127 cm³/mol. The van der Waals surface area contributed by atoms with Crippen molar-refractivity contribution in [3.8, 4) is 17.2 Å². The van der Waals surface area contributed by atoms with Gasteiger partial charge in [-0.2, -0.15) is 17.9 Å². The number of nitrogens with one attached hydrogen (secondary N) is 1. The van der Waals surface area contributed by atoms with E-state index in [4.69, 9.17) is 9.47 Å². The normalized spacial score (nSPS) is 16.6. The quantitative estimate of drug-likeness (QED) is 0.475. The SMILES string of the molecule is COc1ccnc(C)c1NC(=O)c1cc(F)c(-n2nc3n(c2=O)CCC2(CC2)C3)cc1O[C@@H](C)C(F)(F)F. The number of hydrogen-bond donors (Lipinski definition) is 1. The van der Waals surface area contributed by atoms with Gasteiger partial charge in [0.25, 0.3) is 5.91 Å². The summed E-state index contributed by atoms with van der Waals surface area (Å²) in [6.45, 7) is 2.77. The third kappa shape index (κ3) is 4.61. The van der Waals surface area contributed by atoms with E-state index in [2.05, 4.69) is 15.4 Å². The summed E-state index contributed by atoms with van der Waals surface area (Å²) in [5, 5.41) is 6.80. The number of fused-ring (bicyclic) bond motifs is 1. The Morgan fingerprint density at radius 2 is 1.95 bits per heavy atom. The van der Waals surface area contributed by atoms with Crippen LogP contribution in [0.3, 0.4) is 0 Å². The lowest BCUT2D eigenvalue weighted by molar-refractivity contribution is -0.189. The van der Waals surface area contributed by atoms with Crippen molar-refractivity contribution < 1.29 is 31.8 Å². The van der Waals surface area contributed by atoms with Gasteiger partial charge in [0.15, 0.2) is 6.10 Å². The first-order valence-electron chi connectivity index (χ1n) is 12.0. The molecule has 38 heavy (non-hydrogen) atoms. The van der Waals surface area contributed by atoms with Crippen molar-refractivity contribution in [3.05, 3.63) is 57.8 Å². The number of carbonyl (C=O) groups excluding carboxylic acids is 1. The van der Waals surface area contributed by atoms with Crippen molar-refractivity contribution in [3.63, 3.8) is 0 Å². The van der Waals surface area contributed by atoms with Gasteiger partial charge in [-0.1, -0.05) is 0 Å². The maximum atomic E-state index is 15.4. The summed E-state index contributed by atoms with van der Waals surface area (Å²) < 4.78 is 68.1. The molecule has 0 unspecified atom stereocenters. The molecule has 13 heteroatoms. The highest BCUT2D eigenvalue weighted by atomic mass is 19.4. The molecular weight excluding hydrogens is 510 g/mol. The van der Waals surface area contributed by atoms with E-state index in [1.807, 2.05) is 0 Å². The largest absolute Gasteiger partial charge is 0.494 e. The topological polar surface area (TPSA) is 100 Å². The Bertz CT molecular complexity index is 1480. The number of halogens is 4. The fourth-order valence-corrected chi connectivity index (χ4v) is 4.61. The maximum absolute atomic E-state index is 15.4. The van der Waals surface area contributed by atoms with Gasteiger partial charge in [-0.05, 0) is 44.6 Å². The first-order chi connectivity index (χ1) is 17.9. The number of benzene rings is 1. The molecule has 1 atom stereocenters. The third-order valence-corrected chi connectivity index (χ3v) is 7.14. The highest BCUT2D eigenvalue weighted by Crippen LogP contribution is 2.53. The summed E-state index contributed by atoms with van der Waals surface area (Å²) >= 11 is 0. The molecule has 0 radical (unpaired) electrons. The third-order valence-electron chi connectivity index (χ3n) is 7.14. The molecule has 1 spiro atoms. The van der Waals surface area contributed by atoms with Crippen LogP contribution in [0.5, 0.6) is 11.5 Å². The Kier molecular flexibility index (Phi) is 6.19. The van der Waals surface area contributed by atoms with Crippen LogP contribution in [0.15, 0.2) is 29.2 Å². The number of amides is 1. The average molecular weight is 535 g/mol. The lowest BCUT2D eigenvalue weighted by Gasteiger charge is -2.21. The minimum atomic E-state index is -4.77. The highest BCUT2D eigenvalue weighted by Gasteiger charge is 2.46. The second-order valence-corrected chi connectivity index (χ2v) is 9.72. The number of carbonyl (C=O) groups is 1. The minimum absolute atomic E-state index is 0.119. The van der Waals surface area contributed by atoms with E-state index in [1.54, 1.807) is 6.92 Å². The van der Waals surface area contributed by atoms with Crippen LogP contribution < -0.4 is 20.5 Å². The van der Waals surface area contributed by atoms with Gasteiger partial charge in [-0.3, -0.25) is 14.3 Å². The number of pyridine rings is 1. The van der Waals surface area contributed by atoms with Crippen molar-refractivity contribution in [2.75, 3.05) is 12.4 Å². The van der Waals surface area contributed by atoms with Crippen LogP contribution >= 0.6 is 0 Å². The number of hydrogen-bond acceptors (Lipinski definition) is 6. The Morgan fingerprint density at radius 1 is 1.21 bits per heavy atom. The smallest absolute Gasteiger partial charge is 0.425 e. The summed E-state index contributed by atoms with van der Waals surface area (Å²) in [7, 11) is 1.37. The van der Waals surface area contributed by atoms with E-state index in [0.717, 1.165) is 43.0 Å². The number of methoxy groups -OCH3 is 1. The minimum Gasteiger partial charge on any atom is -0.494 e. The Labute approximate surface area is 214 Å². The van der Waals surface area contributed by atoms with Gasteiger partial charge in [-0.15, -0.1) is 5.10 Å². The fraction of sp³-hybridized carbons (Fsp3) is 0.440. The molecule has 1 saturated carbocycles. The van der Waals surface area contributed by atoms with E-state index < -0.39 is 46.7 Å². The number of ether oxygens (including phenoxy) is 2. The molecule has 5 rings (SSSR count). The fourth-order valence-electron chi connectivity index (χ4n) is 4.61. The van der Waals surface area contributed by atoms with Gasteiger partial charge < -0.3 is 14.8 Å². The molecule has 3 heterocycles. The Hall–Kier alpha value is -3.90. The van der Waals surface area contributed by atoms with Gasteiger partial charge in [-0.25, -0.2) is 9.18 Å². The molecule has 3 aromatic rings. The van der Waals surface area contributed by atoms with Crippen LogP contribution in [0, 0.1) is 18.2 Å². The zero-order valence-corrected chi connectivity index (χ0v) is 20.9. The van der Waals surface area contributed by atoms with E-state index in [9.17, 15) is 22.8 Å². The van der Waals surface area contributed by atoms with E-state index in [0.29, 0.717) is 24.5 Å². The summed E-state index contributed by atoms with van der Waals surface area (Å²) in [5.74, 6) is -1.82. The Morgan fingerprint density at radius 3 is 2.61 bits per heavy atom. The van der Waals surface area contributed by atoms with Gasteiger partial charge in [0.05, 0.1) is 18.4 Å². The molecule has 1 amide bonds.